The maximum Gasteiger partial charge on any atom is 0.328 e. The fraction of sp³-hybridized carbons (Fsp3) is 0.385. The molecule has 1 aliphatic carbocycles. The third-order valence-electron chi connectivity index (χ3n) is 2.50. The Balaban J connectivity index is 2.49. The van der Waals surface area contributed by atoms with Crippen LogP contribution in [0.25, 0.3) is 0 Å². The summed E-state index contributed by atoms with van der Waals surface area (Å²) in [6.45, 7) is 3.03. The zero-order chi connectivity index (χ0) is 14.4. The molecule has 102 valence electrons. The van der Waals surface area contributed by atoms with Crippen LogP contribution < -0.4 is 10.6 Å². The summed E-state index contributed by atoms with van der Waals surface area (Å²) in [4.78, 5) is 34.6. The lowest BCUT2D eigenvalue weighted by molar-refractivity contribution is -0.144. The van der Waals surface area contributed by atoms with E-state index in [1.807, 2.05) is 0 Å². The maximum absolute atomic E-state index is 11.7. The van der Waals surface area contributed by atoms with Gasteiger partial charge < -0.3 is 15.4 Å². The molecule has 19 heavy (non-hydrogen) atoms. The Morgan fingerprint density at radius 3 is 2.42 bits per heavy atom. The van der Waals surface area contributed by atoms with E-state index in [1.54, 1.807) is 18.2 Å². The van der Waals surface area contributed by atoms with Gasteiger partial charge in [-0.1, -0.05) is 6.08 Å². The van der Waals surface area contributed by atoms with Crippen LogP contribution >= 0.6 is 0 Å². The lowest BCUT2D eigenvalue weighted by Crippen LogP contribution is -2.49. The number of carbonyl (C=O) groups is 3. The van der Waals surface area contributed by atoms with Crippen molar-refractivity contribution in [2.45, 2.75) is 25.9 Å². The molecule has 0 fully saturated rings. The molecule has 6 nitrogen and oxygen atoms in total. The highest BCUT2D eigenvalue weighted by Crippen LogP contribution is 2.02. The summed E-state index contributed by atoms with van der Waals surface area (Å²) in [7, 11) is 1.24. The zero-order valence-electron chi connectivity index (χ0n) is 11.0. The summed E-state index contributed by atoms with van der Waals surface area (Å²) < 4.78 is 4.49. The van der Waals surface area contributed by atoms with E-state index in [0.29, 0.717) is 5.57 Å². The van der Waals surface area contributed by atoms with Crippen LogP contribution in [0.1, 0.15) is 13.8 Å². The number of hydrogen-bond donors (Lipinski definition) is 2. The van der Waals surface area contributed by atoms with Crippen LogP contribution in [-0.2, 0) is 19.1 Å². The second-order valence-electron chi connectivity index (χ2n) is 4.03. The average Bonchev–Trinajstić information content (AvgIpc) is 2.91. The summed E-state index contributed by atoms with van der Waals surface area (Å²) in [5.74, 6) is -1.40. The highest BCUT2D eigenvalue weighted by molar-refractivity contribution is 5.99. The highest BCUT2D eigenvalue weighted by Gasteiger charge is 2.22. The molecule has 0 spiro atoms. The van der Waals surface area contributed by atoms with Crippen LogP contribution in [0.2, 0.25) is 0 Å². The van der Waals surface area contributed by atoms with Gasteiger partial charge in [0.15, 0.2) is 0 Å². The summed E-state index contributed by atoms with van der Waals surface area (Å²) in [6, 6.07) is -1.52. The van der Waals surface area contributed by atoms with Crippen LogP contribution in [0.15, 0.2) is 29.5 Å². The molecule has 0 aromatic carbocycles. The number of rotatable bonds is 5. The summed E-state index contributed by atoms with van der Waals surface area (Å²) in [5, 5.41) is 4.95. The molecule has 0 aromatic rings. The number of nitrogens with one attached hydrogen (secondary N) is 2. The van der Waals surface area contributed by atoms with E-state index in [4.69, 9.17) is 0 Å². The van der Waals surface area contributed by atoms with E-state index in [1.165, 1.54) is 21.0 Å². The molecule has 0 saturated heterocycles. The van der Waals surface area contributed by atoms with E-state index in [2.05, 4.69) is 21.1 Å². The maximum atomic E-state index is 11.7. The van der Waals surface area contributed by atoms with Crippen molar-refractivity contribution in [1.29, 1.82) is 0 Å². The molecule has 1 rings (SSSR count). The first kappa shape index (κ1) is 14.7. The van der Waals surface area contributed by atoms with Gasteiger partial charge in [-0.25, -0.2) is 4.79 Å². The number of esters is 1. The van der Waals surface area contributed by atoms with Gasteiger partial charge in [-0.2, -0.15) is 0 Å². The first-order valence-corrected chi connectivity index (χ1v) is 5.78. The molecule has 0 saturated carbocycles. The number of amides is 2. The molecule has 0 heterocycles. The van der Waals surface area contributed by atoms with Crippen molar-refractivity contribution in [2.24, 2.45) is 0 Å². The quantitative estimate of drug-likeness (QED) is 0.533. The Hall–Kier alpha value is -2.33. The number of ether oxygens (including phenoxy) is 1. The van der Waals surface area contributed by atoms with Crippen LogP contribution in [0, 0.1) is 0 Å². The van der Waals surface area contributed by atoms with Crippen molar-refractivity contribution in [2.75, 3.05) is 7.11 Å². The van der Waals surface area contributed by atoms with Gasteiger partial charge in [0.1, 0.15) is 12.1 Å². The van der Waals surface area contributed by atoms with E-state index < -0.39 is 29.9 Å². The first-order valence-electron chi connectivity index (χ1n) is 5.78. The minimum atomic E-state index is -0.762. The molecule has 0 radical (unpaired) electrons. The molecular weight excluding hydrogens is 248 g/mol. The third kappa shape index (κ3) is 4.12. The summed E-state index contributed by atoms with van der Waals surface area (Å²) in [5.41, 5.74) is 3.09. The van der Waals surface area contributed by atoms with Crippen molar-refractivity contribution in [3.8, 4) is 0 Å². The molecule has 2 amide bonds. The molecule has 6 heteroatoms. The summed E-state index contributed by atoms with van der Waals surface area (Å²) in [6.07, 6.45) is 4.88. The van der Waals surface area contributed by atoms with Gasteiger partial charge in [0.05, 0.1) is 12.7 Å². The van der Waals surface area contributed by atoms with Crippen molar-refractivity contribution >= 4 is 17.8 Å². The van der Waals surface area contributed by atoms with Crippen LogP contribution in [0.3, 0.4) is 0 Å². The normalized spacial score (nSPS) is 15.4. The highest BCUT2D eigenvalue weighted by atomic mass is 16.5. The molecule has 1 aliphatic rings. The predicted molar refractivity (Wildman–Crippen MR) is 68.0 cm³/mol. The van der Waals surface area contributed by atoms with Gasteiger partial charge in [0.25, 0.3) is 5.91 Å². The van der Waals surface area contributed by atoms with Gasteiger partial charge in [-0.3, -0.25) is 9.59 Å². The van der Waals surface area contributed by atoms with Crippen LogP contribution in [0.5, 0.6) is 0 Å². The minimum absolute atomic E-state index is 0.362. The molecular formula is C13H16N2O4. The van der Waals surface area contributed by atoms with Crippen molar-refractivity contribution < 1.29 is 19.1 Å². The molecule has 0 unspecified atom stereocenters. The molecule has 0 bridgehead atoms. The average molecular weight is 264 g/mol. The fourth-order valence-corrected chi connectivity index (χ4v) is 1.39. The summed E-state index contributed by atoms with van der Waals surface area (Å²) >= 11 is 0. The Bertz CT molecular complexity index is 487. The predicted octanol–water partition coefficient (Wildman–Crippen LogP) is -0.180. The van der Waals surface area contributed by atoms with Gasteiger partial charge in [-0.05, 0) is 26.0 Å². The SMILES string of the molecule is COC(=O)[C@H](C)NC(=O)[C@H](C)NC(=O)C1=C=CC=C1. The Morgan fingerprint density at radius 1 is 1.21 bits per heavy atom. The van der Waals surface area contributed by atoms with E-state index in [9.17, 15) is 14.4 Å². The lowest BCUT2D eigenvalue weighted by atomic mass is 10.2. The number of hydrogen-bond acceptors (Lipinski definition) is 4. The van der Waals surface area contributed by atoms with Gasteiger partial charge >= 0.3 is 5.97 Å². The Morgan fingerprint density at radius 2 is 1.89 bits per heavy atom. The van der Waals surface area contributed by atoms with Crippen molar-refractivity contribution in [3.05, 3.63) is 29.5 Å². The Kier molecular flexibility index (Phi) is 5.09. The van der Waals surface area contributed by atoms with Gasteiger partial charge in [0, 0.05) is 0 Å². The number of allylic oxidation sites excluding steroid dienone is 1. The lowest BCUT2D eigenvalue weighted by Gasteiger charge is -2.16. The second-order valence-corrected chi connectivity index (χ2v) is 4.03. The molecule has 0 aromatic heterocycles. The van der Waals surface area contributed by atoms with E-state index in [0.717, 1.165) is 0 Å². The molecule has 2 atom stereocenters. The second kappa shape index (κ2) is 6.56. The standard InChI is InChI=1S/C13H16N2O4/c1-8(11(16)15-9(2)13(18)19-3)14-12(17)10-6-4-5-7-10/h4-6,8-9H,1-3H3,(H,14,17)(H,15,16)/t8-,9-/m0/s1. The largest absolute Gasteiger partial charge is 0.467 e. The zero-order valence-corrected chi connectivity index (χ0v) is 11.0. The van der Waals surface area contributed by atoms with Gasteiger partial charge in [0.2, 0.25) is 5.91 Å². The Labute approximate surface area is 111 Å². The van der Waals surface area contributed by atoms with Crippen molar-refractivity contribution in [1.82, 2.24) is 10.6 Å². The molecule has 0 aliphatic heterocycles. The van der Waals surface area contributed by atoms with E-state index >= 15 is 0 Å². The monoisotopic (exact) mass is 264 g/mol. The first-order chi connectivity index (χ1) is 8.95. The topological polar surface area (TPSA) is 84.5 Å². The van der Waals surface area contributed by atoms with Crippen molar-refractivity contribution in [3.63, 3.8) is 0 Å². The van der Waals surface area contributed by atoms with Gasteiger partial charge in [-0.15, -0.1) is 5.73 Å². The third-order valence-corrected chi connectivity index (χ3v) is 2.50. The van der Waals surface area contributed by atoms with Crippen LogP contribution in [-0.4, -0.2) is 37.0 Å². The van der Waals surface area contributed by atoms with E-state index in [-0.39, 0.29) is 0 Å². The number of carbonyl (C=O) groups excluding carboxylic acids is 3. The fourth-order valence-electron chi connectivity index (χ4n) is 1.39. The number of methoxy groups -OCH3 is 1. The minimum Gasteiger partial charge on any atom is -0.467 e. The molecule has 2 N–H and O–H groups in total. The smallest absolute Gasteiger partial charge is 0.328 e. The van der Waals surface area contributed by atoms with Crippen LogP contribution in [0.4, 0.5) is 0 Å².